The average molecular weight is 348 g/mol. The van der Waals surface area contributed by atoms with E-state index in [4.69, 9.17) is 0 Å². The second-order valence-corrected chi connectivity index (χ2v) is 6.27. The third-order valence-corrected chi connectivity index (χ3v) is 4.56. The number of aromatic nitrogens is 2. The molecule has 0 saturated heterocycles. The van der Waals surface area contributed by atoms with Crippen LogP contribution < -0.4 is 10.2 Å². The number of anilines is 2. The van der Waals surface area contributed by atoms with Crippen LogP contribution in [0.4, 0.5) is 11.4 Å². The van der Waals surface area contributed by atoms with Crippen molar-refractivity contribution in [3.63, 3.8) is 0 Å². The Morgan fingerprint density at radius 1 is 1.12 bits per heavy atom. The van der Waals surface area contributed by atoms with Crippen LogP contribution in [0.1, 0.15) is 28.5 Å². The minimum absolute atomic E-state index is 0.140. The van der Waals surface area contributed by atoms with Crippen LogP contribution in [0.3, 0.4) is 0 Å². The number of para-hydroxylation sites is 2. The van der Waals surface area contributed by atoms with Gasteiger partial charge in [-0.05, 0) is 31.5 Å². The molecule has 0 aliphatic carbocycles. The van der Waals surface area contributed by atoms with Crippen molar-refractivity contribution < 1.29 is 4.79 Å². The largest absolute Gasteiger partial charge is 0.373 e. The van der Waals surface area contributed by atoms with Crippen molar-refractivity contribution in [3.05, 3.63) is 77.6 Å². The van der Waals surface area contributed by atoms with Gasteiger partial charge in [0, 0.05) is 19.3 Å². The van der Waals surface area contributed by atoms with Gasteiger partial charge in [-0.1, -0.05) is 42.5 Å². The van der Waals surface area contributed by atoms with Crippen molar-refractivity contribution in [3.8, 4) is 0 Å². The number of benzene rings is 2. The first-order valence-corrected chi connectivity index (χ1v) is 8.78. The van der Waals surface area contributed by atoms with Crippen LogP contribution in [0.15, 0.2) is 60.8 Å². The summed E-state index contributed by atoms with van der Waals surface area (Å²) in [4.78, 5) is 14.9. The highest BCUT2D eigenvalue weighted by molar-refractivity contribution is 6.06. The van der Waals surface area contributed by atoms with Crippen LogP contribution in [-0.4, -0.2) is 29.3 Å². The van der Waals surface area contributed by atoms with E-state index in [1.165, 1.54) is 0 Å². The lowest BCUT2D eigenvalue weighted by Crippen LogP contribution is -2.20. The van der Waals surface area contributed by atoms with Crippen LogP contribution in [0, 0.1) is 6.92 Å². The summed E-state index contributed by atoms with van der Waals surface area (Å²) in [5.41, 5.74) is 4.40. The molecule has 0 atom stereocenters. The lowest BCUT2D eigenvalue weighted by molar-refractivity contribution is 0.102. The Morgan fingerprint density at radius 3 is 2.54 bits per heavy atom. The summed E-state index contributed by atoms with van der Waals surface area (Å²) in [7, 11) is 2.01. The molecule has 0 unspecified atom stereocenters. The van der Waals surface area contributed by atoms with E-state index >= 15 is 0 Å². The van der Waals surface area contributed by atoms with Crippen molar-refractivity contribution in [2.45, 2.75) is 20.4 Å². The van der Waals surface area contributed by atoms with Gasteiger partial charge in [-0.3, -0.25) is 9.48 Å². The molecule has 3 rings (SSSR count). The second-order valence-electron chi connectivity index (χ2n) is 6.27. The Balaban J connectivity index is 1.79. The van der Waals surface area contributed by atoms with Crippen LogP contribution >= 0.6 is 0 Å². The van der Waals surface area contributed by atoms with Gasteiger partial charge in [-0.15, -0.1) is 0 Å². The first-order chi connectivity index (χ1) is 12.6. The SMILES string of the molecule is CCN(C)c1ccccc1NC(=O)c1cnn(Cc2ccccc2)c1C. The van der Waals surface area contributed by atoms with E-state index in [1.54, 1.807) is 6.20 Å². The Morgan fingerprint density at radius 2 is 1.81 bits per heavy atom. The van der Waals surface area contributed by atoms with Crippen molar-refractivity contribution in [2.24, 2.45) is 0 Å². The number of nitrogens with one attached hydrogen (secondary N) is 1. The predicted octanol–water partition coefficient (Wildman–Crippen LogP) is 3.95. The van der Waals surface area contributed by atoms with E-state index in [0.29, 0.717) is 12.1 Å². The molecule has 0 saturated carbocycles. The molecule has 3 aromatic rings. The zero-order valence-corrected chi connectivity index (χ0v) is 15.4. The maximum Gasteiger partial charge on any atom is 0.259 e. The van der Waals surface area contributed by atoms with E-state index in [2.05, 4.69) is 34.4 Å². The normalized spacial score (nSPS) is 10.6. The summed E-state index contributed by atoms with van der Waals surface area (Å²) >= 11 is 0. The number of nitrogens with zero attached hydrogens (tertiary/aromatic N) is 3. The third-order valence-electron chi connectivity index (χ3n) is 4.56. The molecule has 0 bridgehead atoms. The van der Waals surface area contributed by atoms with E-state index in [1.807, 2.05) is 61.1 Å². The molecule has 0 fully saturated rings. The first kappa shape index (κ1) is 17.7. The topological polar surface area (TPSA) is 50.2 Å². The molecule has 1 amide bonds. The quantitative estimate of drug-likeness (QED) is 0.734. The van der Waals surface area contributed by atoms with E-state index in [-0.39, 0.29) is 5.91 Å². The summed E-state index contributed by atoms with van der Waals surface area (Å²) in [5.74, 6) is -0.140. The second kappa shape index (κ2) is 7.87. The number of carbonyl (C=O) groups excluding carboxylic acids is 1. The maximum absolute atomic E-state index is 12.8. The number of hydrogen-bond donors (Lipinski definition) is 1. The molecule has 5 heteroatoms. The molecule has 2 aromatic carbocycles. The fourth-order valence-corrected chi connectivity index (χ4v) is 2.86. The highest BCUT2D eigenvalue weighted by atomic mass is 16.1. The number of rotatable bonds is 6. The Kier molecular flexibility index (Phi) is 5.37. The number of carbonyl (C=O) groups is 1. The molecule has 26 heavy (non-hydrogen) atoms. The maximum atomic E-state index is 12.8. The summed E-state index contributed by atoms with van der Waals surface area (Å²) in [6.45, 7) is 5.52. The van der Waals surface area contributed by atoms with Crippen LogP contribution in [0.2, 0.25) is 0 Å². The predicted molar refractivity (Wildman–Crippen MR) is 106 cm³/mol. The van der Waals surface area contributed by atoms with Gasteiger partial charge < -0.3 is 10.2 Å². The molecule has 1 heterocycles. The lowest BCUT2D eigenvalue weighted by atomic mass is 10.2. The molecule has 5 nitrogen and oxygen atoms in total. The molecule has 0 aliphatic rings. The monoisotopic (exact) mass is 348 g/mol. The molecule has 0 spiro atoms. The summed E-state index contributed by atoms with van der Waals surface area (Å²) in [6.07, 6.45) is 1.64. The highest BCUT2D eigenvalue weighted by Crippen LogP contribution is 2.25. The van der Waals surface area contributed by atoms with Gasteiger partial charge in [0.25, 0.3) is 5.91 Å². The Labute approximate surface area is 154 Å². The molecule has 1 N–H and O–H groups in total. The van der Waals surface area contributed by atoms with Crippen molar-refractivity contribution in [2.75, 3.05) is 23.8 Å². The summed E-state index contributed by atoms with van der Waals surface area (Å²) in [6, 6.07) is 17.9. The zero-order valence-electron chi connectivity index (χ0n) is 15.4. The van der Waals surface area contributed by atoms with Gasteiger partial charge in [-0.25, -0.2) is 0 Å². The van der Waals surface area contributed by atoms with Crippen LogP contribution in [-0.2, 0) is 6.54 Å². The molecule has 1 aromatic heterocycles. The zero-order chi connectivity index (χ0) is 18.5. The Hall–Kier alpha value is -3.08. The first-order valence-electron chi connectivity index (χ1n) is 8.78. The van der Waals surface area contributed by atoms with Crippen LogP contribution in [0.25, 0.3) is 0 Å². The molecular formula is C21H24N4O. The fraction of sp³-hybridized carbons (Fsp3) is 0.238. The lowest BCUT2D eigenvalue weighted by Gasteiger charge is -2.20. The van der Waals surface area contributed by atoms with Crippen molar-refractivity contribution in [1.82, 2.24) is 9.78 Å². The highest BCUT2D eigenvalue weighted by Gasteiger charge is 2.16. The van der Waals surface area contributed by atoms with E-state index in [9.17, 15) is 4.79 Å². The summed E-state index contributed by atoms with van der Waals surface area (Å²) < 4.78 is 1.86. The molecular weight excluding hydrogens is 324 g/mol. The standard InChI is InChI=1S/C21H24N4O/c1-4-24(3)20-13-9-8-12-19(20)23-21(26)18-14-22-25(16(18)2)15-17-10-6-5-7-11-17/h5-14H,4,15H2,1-3H3,(H,23,26). The van der Waals surface area contributed by atoms with Gasteiger partial charge in [0.1, 0.15) is 0 Å². The van der Waals surface area contributed by atoms with Gasteiger partial charge in [0.15, 0.2) is 0 Å². The Bertz CT molecular complexity index is 886. The average Bonchev–Trinajstić information content (AvgIpc) is 3.03. The number of hydrogen-bond acceptors (Lipinski definition) is 3. The summed E-state index contributed by atoms with van der Waals surface area (Å²) in [5, 5.41) is 7.42. The third kappa shape index (κ3) is 3.77. The minimum atomic E-state index is -0.140. The fourth-order valence-electron chi connectivity index (χ4n) is 2.86. The van der Waals surface area contributed by atoms with Gasteiger partial charge in [0.05, 0.1) is 29.7 Å². The molecule has 0 aliphatic heterocycles. The van der Waals surface area contributed by atoms with Gasteiger partial charge >= 0.3 is 0 Å². The van der Waals surface area contributed by atoms with Gasteiger partial charge in [-0.2, -0.15) is 5.10 Å². The number of amides is 1. The van der Waals surface area contributed by atoms with E-state index < -0.39 is 0 Å². The van der Waals surface area contributed by atoms with Crippen molar-refractivity contribution in [1.29, 1.82) is 0 Å². The molecule has 134 valence electrons. The van der Waals surface area contributed by atoms with Crippen molar-refractivity contribution >= 4 is 17.3 Å². The smallest absolute Gasteiger partial charge is 0.259 e. The van der Waals surface area contributed by atoms with E-state index in [0.717, 1.165) is 29.2 Å². The minimum Gasteiger partial charge on any atom is -0.373 e. The molecule has 0 radical (unpaired) electrons. The van der Waals surface area contributed by atoms with Crippen LogP contribution in [0.5, 0.6) is 0 Å². The van der Waals surface area contributed by atoms with Gasteiger partial charge in [0.2, 0.25) is 0 Å².